The maximum Gasteiger partial charge on any atom is 0.243 e. The van der Waals surface area contributed by atoms with E-state index in [-0.39, 0.29) is 22.9 Å². The fourth-order valence-electron chi connectivity index (χ4n) is 3.57. The Hall–Kier alpha value is -1.48. The van der Waals surface area contributed by atoms with Crippen LogP contribution in [0.3, 0.4) is 0 Å². The lowest BCUT2D eigenvalue weighted by Crippen LogP contribution is -2.50. The van der Waals surface area contributed by atoms with Gasteiger partial charge in [0.2, 0.25) is 15.9 Å². The lowest BCUT2D eigenvalue weighted by atomic mass is 10.2. The van der Waals surface area contributed by atoms with Crippen molar-refractivity contribution in [3.8, 4) is 0 Å². The van der Waals surface area contributed by atoms with Gasteiger partial charge in [0.05, 0.1) is 23.6 Å². The van der Waals surface area contributed by atoms with Crippen LogP contribution in [-0.4, -0.2) is 68.5 Å². The molecule has 1 N–H and O–H groups in total. The summed E-state index contributed by atoms with van der Waals surface area (Å²) in [5.74, 6) is -0.101. The molecule has 150 valence electrons. The van der Waals surface area contributed by atoms with Crippen molar-refractivity contribution in [3.63, 3.8) is 0 Å². The second-order valence-corrected chi connectivity index (χ2v) is 9.27. The second kappa shape index (κ2) is 8.68. The lowest BCUT2D eigenvalue weighted by molar-refractivity contribution is -0.123. The first-order valence-electron chi connectivity index (χ1n) is 9.64. The van der Waals surface area contributed by atoms with Gasteiger partial charge < -0.3 is 10.1 Å². The van der Waals surface area contributed by atoms with Crippen LogP contribution in [0.2, 0.25) is 0 Å². The summed E-state index contributed by atoms with van der Waals surface area (Å²) in [5.41, 5.74) is 0.603. The molecule has 1 aromatic rings. The minimum Gasteiger partial charge on any atom is -0.376 e. The van der Waals surface area contributed by atoms with Crippen LogP contribution in [0.5, 0.6) is 0 Å². The predicted octanol–water partition coefficient (Wildman–Crippen LogP) is 1.91. The normalized spacial score (nSPS) is 23.7. The van der Waals surface area contributed by atoms with Gasteiger partial charge in [-0.3, -0.25) is 9.69 Å². The lowest BCUT2D eigenvalue weighted by Gasteiger charge is -2.34. The highest BCUT2D eigenvalue weighted by Gasteiger charge is 2.27. The molecule has 2 saturated heterocycles. The van der Waals surface area contributed by atoms with Crippen LogP contribution in [0.25, 0.3) is 0 Å². The molecule has 3 rings (SSSR count). The molecule has 0 spiro atoms. The van der Waals surface area contributed by atoms with E-state index in [9.17, 15) is 13.2 Å². The van der Waals surface area contributed by atoms with E-state index in [1.165, 1.54) is 0 Å². The van der Waals surface area contributed by atoms with E-state index in [2.05, 4.69) is 10.2 Å². The van der Waals surface area contributed by atoms with E-state index >= 15 is 0 Å². The van der Waals surface area contributed by atoms with Gasteiger partial charge in [-0.05, 0) is 51.0 Å². The Morgan fingerprint density at radius 3 is 2.44 bits per heavy atom. The van der Waals surface area contributed by atoms with Gasteiger partial charge in [-0.1, -0.05) is 6.42 Å². The molecule has 0 aromatic heterocycles. The number of sulfonamides is 1. The molecule has 2 atom stereocenters. The van der Waals surface area contributed by atoms with Gasteiger partial charge >= 0.3 is 0 Å². The van der Waals surface area contributed by atoms with Crippen molar-refractivity contribution in [1.29, 1.82) is 0 Å². The maximum atomic E-state index is 12.7. The molecular formula is C19H29N3O4S. The molecule has 2 unspecified atom stereocenters. The summed E-state index contributed by atoms with van der Waals surface area (Å²) < 4.78 is 32.4. The van der Waals surface area contributed by atoms with E-state index in [0.29, 0.717) is 25.4 Å². The van der Waals surface area contributed by atoms with Crippen molar-refractivity contribution in [3.05, 3.63) is 24.3 Å². The van der Waals surface area contributed by atoms with Crippen LogP contribution in [0.4, 0.5) is 5.69 Å². The molecule has 0 aliphatic carbocycles. The Bertz CT molecular complexity index is 745. The Morgan fingerprint density at radius 1 is 1.15 bits per heavy atom. The molecule has 1 aromatic carbocycles. The van der Waals surface area contributed by atoms with Gasteiger partial charge in [-0.15, -0.1) is 0 Å². The zero-order valence-corrected chi connectivity index (χ0v) is 16.9. The van der Waals surface area contributed by atoms with Crippen LogP contribution in [0, 0.1) is 0 Å². The summed E-state index contributed by atoms with van der Waals surface area (Å²) in [4.78, 5) is 14.9. The van der Waals surface area contributed by atoms with Crippen LogP contribution in [-0.2, 0) is 19.6 Å². The molecular weight excluding hydrogens is 366 g/mol. The molecule has 2 fully saturated rings. The van der Waals surface area contributed by atoms with E-state index in [0.717, 1.165) is 32.4 Å². The Labute approximate surface area is 161 Å². The summed E-state index contributed by atoms with van der Waals surface area (Å²) in [6.45, 7) is 7.11. The third kappa shape index (κ3) is 4.87. The quantitative estimate of drug-likeness (QED) is 0.824. The SMILES string of the molecule is CC1CN(C(C)C(=O)Nc2ccc(S(=O)(=O)N3CCCCC3)cc2)CCO1. The first-order chi connectivity index (χ1) is 12.9. The highest BCUT2D eigenvalue weighted by atomic mass is 32.2. The minimum absolute atomic E-state index is 0.101. The first kappa shape index (κ1) is 20.3. The third-order valence-corrected chi connectivity index (χ3v) is 7.19. The van der Waals surface area contributed by atoms with Crippen molar-refractivity contribution in [2.75, 3.05) is 38.1 Å². The maximum absolute atomic E-state index is 12.7. The van der Waals surface area contributed by atoms with Crippen molar-refractivity contribution < 1.29 is 17.9 Å². The first-order valence-corrected chi connectivity index (χ1v) is 11.1. The molecule has 0 radical (unpaired) electrons. The summed E-state index contributed by atoms with van der Waals surface area (Å²) in [6, 6.07) is 6.18. The molecule has 8 heteroatoms. The van der Waals surface area contributed by atoms with Gasteiger partial charge in [0, 0.05) is 31.9 Å². The van der Waals surface area contributed by atoms with Gasteiger partial charge in [0.15, 0.2) is 0 Å². The van der Waals surface area contributed by atoms with Gasteiger partial charge in [-0.25, -0.2) is 8.42 Å². The van der Waals surface area contributed by atoms with E-state index in [1.807, 2.05) is 13.8 Å². The van der Waals surface area contributed by atoms with E-state index in [4.69, 9.17) is 4.74 Å². The molecule has 27 heavy (non-hydrogen) atoms. The van der Waals surface area contributed by atoms with Crippen LogP contribution in [0.15, 0.2) is 29.2 Å². The number of hydrogen-bond donors (Lipinski definition) is 1. The summed E-state index contributed by atoms with van der Waals surface area (Å²) in [5, 5.41) is 2.88. The number of piperidine rings is 1. The molecule has 1 amide bonds. The Morgan fingerprint density at radius 2 is 1.81 bits per heavy atom. The van der Waals surface area contributed by atoms with Crippen molar-refractivity contribution in [2.24, 2.45) is 0 Å². The fourth-order valence-corrected chi connectivity index (χ4v) is 5.09. The molecule has 7 nitrogen and oxygen atoms in total. The standard InChI is InChI=1S/C19H29N3O4S/c1-15-14-21(12-13-26-15)16(2)19(23)20-17-6-8-18(9-7-17)27(24,25)22-10-4-3-5-11-22/h6-9,15-16H,3-5,10-14H2,1-2H3,(H,20,23). The number of nitrogens with zero attached hydrogens (tertiary/aromatic N) is 2. The number of carbonyl (C=O) groups is 1. The zero-order chi connectivity index (χ0) is 19.4. The van der Waals surface area contributed by atoms with E-state index < -0.39 is 10.0 Å². The highest BCUT2D eigenvalue weighted by molar-refractivity contribution is 7.89. The fraction of sp³-hybridized carbons (Fsp3) is 0.632. The van der Waals surface area contributed by atoms with Crippen molar-refractivity contribution >= 4 is 21.6 Å². The number of anilines is 1. The number of nitrogens with one attached hydrogen (secondary N) is 1. The average molecular weight is 396 g/mol. The van der Waals surface area contributed by atoms with Gasteiger partial charge in [0.25, 0.3) is 0 Å². The number of carbonyl (C=O) groups excluding carboxylic acids is 1. The molecule has 0 bridgehead atoms. The van der Waals surface area contributed by atoms with Gasteiger partial charge in [-0.2, -0.15) is 4.31 Å². The van der Waals surface area contributed by atoms with Crippen molar-refractivity contribution in [2.45, 2.75) is 50.2 Å². The largest absolute Gasteiger partial charge is 0.376 e. The minimum atomic E-state index is -3.45. The van der Waals surface area contributed by atoms with E-state index in [1.54, 1.807) is 28.6 Å². The summed E-state index contributed by atoms with van der Waals surface area (Å²) in [7, 11) is -3.45. The van der Waals surface area contributed by atoms with Gasteiger partial charge in [0.1, 0.15) is 0 Å². The average Bonchev–Trinajstić information content (AvgIpc) is 2.68. The highest BCUT2D eigenvalue weighted by Crippen LogP contribution is 2.22. The monoisotopic (exact) mass is 395 g/mol. The number of morpholine rings is 1. The second-order valence-electron chi connectivity index (χ2n) is 7.33. The van der Waals surface area contributed by atoms with Crippen LogP contribution < -0.4 is 5.32 Å². The number of hydrogen-bond acceptors (Lipinski definition) is 5. The predicted molar refractivity (Wildman–Crippen MR) is 104 cm³/mol. The summed E-state index contributed by atoms with van der Waals surface area (Å²) >= 11 is 0. The smallest absolute Gasteiger partial charge is 0.243 e. The zero-order valence-electron chi connectivity index (χ0n) is 16.1. The Balaban J connectivity index is 1.62. The Kier molecular flexibility index (Phi) is 6.52. The number of amides is 1. The topological polar surface area (TPSA) is 79.0 Å². The molecule has 0 saturated carbocycles. The molecule has 2 aliphatic rings. The third-order valence-electron chi connectivity index (χ3n) is 5.27. The molecule has 2 aliphatic heterocycles. The van der Waals surface area contributed by atoms with Crippen molar-refractivity contribution in [1.82, 2.24) is 9.21 Å². The number of benzene rings is 1. The summed E-state index contributed by atoms with van der Waals surface area (Å²) in [6.07, 6.45) is 3.02. The number of ether oxygens (including phenoxy) is 1. The van der Waals surface area contributed by atoms with Crippen LogP contribution in [0.1, 0.15) is 33.1 Å². The number of rotatable bonds is 5. The molecule has 2 heterocycles. The van der Waals surface area contributed by atoms with Crippen LogP contribution >= 0.6 is 0 Å².